The Morgan fingerprint density at radius 2 is 1.32 bits per heavy atom. The number of amides is 2. The van der Waals surface area contributed by atoms with Gasteiger partial charge in [0.15, 0.2) is 17.3 Å². The van der Waals surface area contributed by atoms with Crippen molar-refractivity contribution in [3.63, 3.8) is 0 Å². The number of phenols is 1. The zero-order valence-electron chi connectivity index (χ0n) is 35.2. The molecule has 1 aliphatic rings. The second kappa shape index (κ2) is 21.1. The van der Waals surface area contributed by atoms with Crippen molar-refractivity contribution in [2.45, 2.75) is 32.4 Å². The monoisotopic (exact) mass is 831 g/mol. The summed E-state index contributed by atoms with van der Waals surface area (Å²) in [4.78, 5) is 45.1. The largest absolute Gasteiger partial charge is 0.504 e. The van der Waals surface area contributed by atoms with Crippen LogP contribution in [0.15, 0.2) is 152 Å². The van der Waals surface area contributed by atoms with Crippen LogP contribution >= 0.6 is 0 Å². The van der Waals surface area contributed by atoms with Crippen molar-refractivity contribution in [3.05, 3.63) is 168 Å². The molecule has 318 valence electrons. The van der Waals surface area contributed by atoms with Crippen molar-refractivity contribution in [2.75, 3.05) is 51.3 Å². The van der Waals surface area contributed by atoms with Crippen molar-refractivity contribution in [1.29, 1.82) is 0 Å². The average Bonchev–Trinajstić information content (AvgIpc) is 3.32. The number of carbonyl (C=O) groups excluding carboxylic acids is 3. The highest BCUT2D eigenvalue weighted by Crippen LogP contribution is 2.40. The van der Waals surface area contributed by atoms with Crippen LogP contribution in [0.1, 0.15) is 46.0 Å². The van der Waals surface area contributed by atoms with E-state index in [1.807, 2.05) is 122 Å². The summed E-state index contributed by atoms with van der Waals surface area (Å²) >= 11 is 0. The fourth-order valence-corrected chi connectivity index (χ4v) is 7.72. The smallest absolute Gasteiger partial charge is 0.419 e. The maximum atomic E-state index is 14.5. The number of Topliss-reactive ketones (excluding diaryl/α,β-unsaturated/α-hetero) is 1. The molecule has 0 radical (unpaired) electrons. The molecule has 2 amide bonds. The van der Waals surface area contributed by atoms with Gasteiger partial charge in [0.1, 0.15) is 6.10 Å². The van der Waals surface area contributed by atoms with E-state index in [1.165, 1.54) is 12.1 Å². The van der Waals surface area contributed by atoms with Gasteiger partial charge in [0.05, 0.1) is 25.0 Å². The van der Waals surface area contributed by atoms with Gasteiger partial charge in [-0.25, -0.2) is 15.1 Å². The Balaban J connectivity index is 0.923. The summed E-state index contributed by atoms with van der Waals surface area (Å²) < 4.78 is 11.5. The van der Waals surface area contributed by atoms with Crippen LogP contribution in [0.5, 0.6) is 11.5 Å². The third-order valence-electron chi connectivity index (χ3n) is 11.0. The first kappa shape index (κ1) is 43.3. The molecule has 0 saturated carbocycles. The molecule has 1 fully saturated rings. The second-order valence-corrected chi connectivity index (χ2v) is 15.1. The summed E-state index contributed by atoms with van der Waals surface area (Å²) in [5, 5.41) is 14.9. The molecule has 0 bridgehead atoms. The predicted molar refractivity (Wildman–Crippen MR) is 244 cm³/mol. The van der Waals surface area contributed by atoms with Crippen molar-refractivity contribution < 1.29 is 29.0 Å². The molecule has 0 spiro atoms. The number of hydrazine groups is 1. The first-order valence-electron chi connectivity index (χ1n) is 21.1. The van der Waals surface area contributed by atoms with Gasteiger partial charge in [0.2, 0.25) is 0 Å². The number of piperidine rings is 1. The Labute approximate surface area is 363 Å². The molecule has 0 unspecified atom stereocenters. The summed E-state index contributed by atoms with van der Waals surface area (Å²) in [7, 11) is 1.49. The number of rotatable bonds is 17. The topological polar surface area (TPSA) is 124 Å². The normalized spacial score (nSPS) is 13.0. The molecule has 1 aliphatic heterocycles. The van der Waals surface area contributed by atoms with Crippen LogP contribution in [0.3, 0.4) is 0 Å². The van der Waals surface area contributed by atoms with Gasteiger partial charge in [-0.1, -0.05) is 115 Å². The number of benzene rings is 6. The SMILES string of the molecule is CCN(NCc1ccc(OC)c(O)c1)C(=O)c1cccc(C(=O)CNCCN2CCC(OC(=O)N(c3ccccc3-c3ccccc3)c3ccccc3-c3ccccc3)CC2)c1. The third kappa shape index (κ3) is 10.7. The summed E-state index contributed by atoms with van der Waals surface area (Å²) in [5.41, 5.74) is 10.1. The number of methoxy groups -OCH3 is 1. The number of aromatic hydroxyl groups is 1. The molecule has 11 nitrogen and oxygen atoms in total. The Morgan fingerprint density at radius 3 is 1.92 bits per heavy atom. The Hall–Kier alpha value is -6.79. The molecule has 1 saturated heterocycles. The van der Waals surface area contributed by atoms with Crippen molar-refractivity contribution >= 4 is 29.2 Å². The molecule has 7 rings (SSSR count). The molecular weight excluding hydrogens is 779 g/mol. The third-order valence-corrected chi connectivity index (χ3v) is 11.0. The highest BCUT2D eigenvalue weighted by atomic mass is 16.6. The van der Waals surface area contributed by atoms with Crippen LogP contribution in [-0.4, -0.2) is 85.3 Å². The van der Waals surface area contributed by atoms with E-state index in [9.17, 15) is 19.5 Å². The van der Waals surface area contributed by atoms with E-state index in [0.717, 1.165) is 58.8 Å². The lowest BCUT2D eigenvalue weighted by atomic mass is 10.00. The first-order chi connectivity index (χ1) is 30.3. The number of ether oxygens (including phenoxy) is 2. The highest BCUT2D eigenvalue weighted by Gasteiger charge is 2.29. The van der Waals surface area contributed by atoms with Gasteiger partial charge in [-0.2, -0.15) is 0 Å². The van der Waals surface area contributed by atoms with Crippen LogP contribution in [0.4, 0.5) is 16.2 Å². The second-order valence-electron chi connectivity index (χ2n) is 15.1. The standard InChI is InChI=1S/C51H53N5O6/c1-3-55(53-35-37-25-26-49(61-2)47(57)33-37)50(59)41-20-14-19-40(34-41)48(58)36-52-29-32-54-30-27-42(28-31-54)62-51(60)56(45-23-12-10-21-43(45)38-15-6-4-7-16-38)46-24-13-11-22-44(46)39-17-8-5-9-18-39/h4-26,33-34,42,52-53,57H,3,27-32,35-36H2,1-2H3. The minimum Gasteiger partial charge on any atom is -0.504 e. The van der Waals surface area contributed by atoms with E-state index >= 15 is 0 Å². The van der Waals surface area contributed by atoms with E-state index in [4.69, 9.17) is 9.47 Å². The summed E-state index contributed by atoms with van der Waals surface area (Å²) in [6.45, 7) is 5.54. The zero-order valence-corrected chi connectivity index (χ0v) is 35.2. The lowest BCUT2D eigenvalue weighted by molar-refractivity contribution is 0.0565. The maximum absolute atomic E-state index is 14.5. The number of nitrogens with one attached hydrogen (secondary N) is 2. The van der Waals surface area contributed by atoms with Crippen molar-refractivity contribution in [1.82, 2.24) is 20.7 Å². The Kier molecular flexibility index (Phi) is 14.8. The summed E-state index contributed by atoms with van der Waals surface area (Å²) in [6, 6.07) is 47.9. The van der Waals surface area contributed by atoms with Gasteiger partial charge in [-0.3, -0.25) is 14.6 Å². The van der Waals surface area contributed by atoms with Crippen molar-refractivity contribution in [3.8, 4) is 33.8 Å². The van der Waals surface area contributed by atoms with Crippen LogP contribution in [0.2, 0.25) is 0 Å². The van der Waals surface area contributed by atoms with Gasteiger partial charge >= 0.3 is 6.09 Å². The number of likely N-dealkylation sites (tertiary alicyclic amines) is 1. The van der Waals surface area contributed by atoms with E-state index in [0.29, 0.717) is 49.4 Å². The van der Waals surface area contributed by atoms with Gasteiger partial charge < -0.3 is 24.8 Å². The first-order valence-corrected chi connectivity index (χ1v) is 21.1. The van der Waals surface area contributed by atoms with E-state index in [1.54, 1.807) is 41.3 Å². The lowest BCUT2D eigenvalue weighted by Crippen LogP contribution is -2.42. The average molecular weight is 832 g/mol. The molecule has 0 atom stereocenters. The van der Waals surface area contributed by atoms with Gasteiger partial charge in [0.25, 0.3) is 5.91 Å². The molecular formula is C51H53N5O6. The number of anilines is 2. The molecule has 11 heteroatoms. The number of carbonyl (C=O) groups is 3. The van der Waals surface area contributed by atoms with Crippen molar-refractivity contribution in [2.24, 2.45) is 0 Å². The van der Waals surface area contributed by atoms with Gasteiger partial charge in [0, 0.05) is 61.5 Å². The zero-order chi connectivity index (χ0) is 43.3. The van der Waals surface area contributed by atoms with E-state index < -0.39 is 6.09 Å². The van der Waals surface area contributed by atoms with Crippen LogP contribution in [-0.2, 0) is 11.3 Å². The molecule has 3 N–H and O–H groups in total. The molecule has 62 heavy (non-hydrogen) atoms. The maximum Gasteiger partial charge on any atom is 0.419 e. The van der Waals surface area contributed by atoms with Crippen LogP contribution < -0.4 is 20.4 Å². The minimum atomic E-state index is -0.422. The molecule has 1 heterocycles. The number of hydrogen-bond acceptors (Lipinski definition) is 9. The number of phenolic OH excluding ortho intramolecular Hbond substituents is 1. The van der Waals surface area contributed by atoms with Gasteiger partial charge in [-0.05, 0) is 72.9 Å². The number of nitrogens with zero attached hydrogens (tertiary/aromatic N) is 3. The van der Waals surface area contributed by atoms with Crippen LogP contribution in [0.25, 0.3) is 22.3 Å². The lowest BCUT2D eigenvalue weighted by Gasteiger charge is -2.34. The van der Waals surface area contributed by atoms with Gasteiger partial charge in [-0.15, -0.1) is 0 Å². The number of ketones is 1. The fourth-order valence-electron chi connectivity index (χ4n) is 7.72. The number of hydrogen-bond donors (Lipinski definition) is 3. The van der Waals surface area contributed by atoms with E-state index in [-0.39, 0.29) is 30.1 Å². The van der Waals surface area contributed by atoms with E-state index in [2.05, 4.69) is 15.6 Å². The fraction of sp³-hybridized carbons (Fsp3) is 0.235. The number of para-hydroxylation sites is 2. The molecule has 6 aromatic rings. The van der Waals surface area contributed by atoms with Crippen LogP contribution in [0, 0.1) is 0 Å². The minimum absolute atomic E-state index is 0.0233. The molecule has 0 aromatic heterocycles. The quantitative estimate of drug-likeness (QED) is 0.0469. The predicted octanol–water partition coefficient (Wildman–Crippen LogP) is 9.11. The summed E-state index contributed by atoms with van der Waals surface area (Å²) in [5.74, 6) is 0.0288. The molecule has 6 aromatic carbocycles. The highest BCUT2D eigenvalue weighted by molar-refractivity contribution is 6.04. The summed E-state index contributed by atoms with van der Waals surface area (Å²) in [6.07, 6.45) is 0.695. The Morgan fingerprint density at radius 1 is 0.726 bits per heavy atom. The molecule has 0 aliphatic carbocycles. The Bertz CT molecular complexity index is 2350.